The summed E-state index contributed by atoms with van der Waals surface area (Å²) in [6.45, 7) is 1.89. The van der Waals surface area contributed by atoms with Gasteiger partial charge in [0.15, 0.2) is 0 Å². The van der Waals surface area contributed by atoms with Crippen LogP contribution in [0.5, 0.6) is 0 Å². The van der Waals surface area contributed by atoms with Gasteiger partial charge in [-0.3, -0.25) is 4.79 Å². The summed E-state index contributed by atoms with van der Waals surface area (Å²) in [6.07, 6.45) is 1.49. The molecule has 0 spiro atoms. The van der Waals surface area contributed by atoms with Gasteiger partial charge in [0.05, 0.1) is 11.4 Å². The molecule has 0 aliphatic carbocycles. The number of amides is 1. The highest BCUT2D eigenvalue weighted by molar-refractivity contribution is 9.11. The molecule has 0 aliphatic heterocycles. The molecule has 1 aromatic carbocycles. The average Bonchev–Trinajstić information content (AvgIpc) is 2.36. The number of nitrogens with zero attached hydrogens (tertiary/aromatic N) is 1. The second kappa shape index (κ2) is 7.53. The van der Waals surface area contributed by atoms with Crippen molar-refractivity contribution in [2.24, 2.45) is 5.73 Å². The number of nitrogens with two attached hydrogens (primary N) is 1. The van der Waals surface area contributed by atoms with Gasteiger partial charge in [0, 0.05) is 15.5 Å². The number of halogens is 2. The van der Waals surface area contributed by atoms with Crippen molar-refractivity contribution in [3.8, 4) is 0 Å². The standard InChI is InChI=1S/C12H16Br2N2O3S/c1-2-3-6-16(8-12(15)17)20(18,19)11-7-9(13)4-5-10(11)14/h4-5,7H,2-3,6,8H2,1H3,(H2,15,17). The van der Waals surface area contributed by atoms with E-state index in [4.69, 9.17) is 5.73 Å². The molecule has 0 aromatic heterocycles. The molecule has 1 amide bonds. The Morgan fingerprint density at radius 3 is 2.55 bits per heavy atom. The van der Waals surface area contributed by atoms with E-state index in [0.717, 1.165) is 10.7 Å². The number of carbonyl (C=O) groups excluding carboxylic acids is 1. The van der Waals surface area contributed by atoms with Crippen molar-refractivity contribution >= 4 is 47.8 Å². The van der Waals surface area contributed by atoms with Crippen LogP contribution in [-0.4, -0.2) is 31.7 Å². The van der Waals surface area contributed by atoms with E-state index in [1.54, 1.807) is 12.1 Å². The van der Waals surface area contributed by atoms with Gasteiger partial charge in [-0.15, -0.1) is 0 Å². The number of rotatable bonds is 7. The molecule has 0 heterocycles. The molecule has 112 valence electrons. The number of unbranched alkanes of at least 4 members (excludes halogenated alkanes) is 1. The van der Waals surface area contributed by atoms with Crippen LogP contribution in [0.25, 0.3) is 0 Å². The monoisotopic (exact) mass is 426 g/mol. The van der Waals surface area contributed by atoms with E-state index in [2.05, 4.69) is 31.9 Å². The predicted octanol–water partition coefficient (Wildman–Crippen LogP) is 2.49. The fourth-order valence-corrected chi connectivity index (χ4v) is 4.51. The van der Waals surface area contributed by atoms with Gasteiger partial charge in [-0.25, -0.2) is 8.42 Å². The van der Waals surface area contributed by atoms with Gasteiger partial charge < -0.3 is 5.73 Å². The van der Waals surface area contributed by atoms with E-state index in [9.17, 15) is 13.2 Å². The Bertz CT molecular complexity index is 590. The van der Waals surface area contributed by atoms with Gasteiger partial charge in [-0.1, -0.05) is 29.3 Å². The number of carbonyl (C=O) groups is 1. The first-order chi connectivity index (χ1) is 9.28. The molecule has 5 nitrogen and oxygen atoms in total. The molecule has 1 aromatic rings. The number of sulfonamides is 1. The summed E-state index contributed by atoms with van der Waals surface area (Å²) in [6, 6.07) is 4.87. The summed E-state index contributed by atoms with van der Waals surface area (Å²) in [5.41, 5.74) is 5.14. The van der Waals surface area contributed by atoms with Gasteiger partial charge in [-0.2, -0.15) is 4.31 Å². The molecule has 20 heavy (non-hydrogen) atoms. The minimum absolute atomic E-state index is 0.115. The van der Waals surface area contributed by atoms with Crippen molar-refractivity contribution in [3.05, 3.63) is 27.1 Å². The molecular formula is C12H16Br2N2O3S. The van der Waals surface area contributed by atoms with Crippen LogP contribution >= 0.6 is 31.9 Å². The first-order valence-corrected chi connectivity index (χ1v) is 9.05. The summed E-state index contributed by atoms with van der Waals surface area (Å²) < 4.78 is 27.4. The Morgan fingerprint density at radius 1 is 1.35 bits per heavy atom. The highest BCUT2D eigenvalue weighted by atomic mass is 79.9. The van der Waals surface area contributed by atoms with Gasteiger partial charge in [0.1, 0.15) is 0 Å². The lowest BCUT2D eigenvalue weighted by molar-refractivity contribution is -0.118. The highest BCUT2D eigenvalue weighted by Crippen LogP contribution is 2.28. The summed E-state index contributed by atoms with van der Waals surface area (Å²) in [5, 5.41) is 0. The number of benzene rings is 1. The van der Waals surface area contributed by atoms with E-state index in [1.807, 2.05) is 6.92 Å². The topological polar surface area (TPSA) is 80.5 Å². The van der Waals surface area contributed by atoms with E-state index in [1.165, 1.54) is 6.07 Å². The maximum atomic E-state index is 12.6. The zero-order valence-corrected chi connectivity index (χ0v) is 15.0. The molecule has 0 atom stereocenters. The van der Waals surface area contributed by atoms with E-state index < -0.39 is 15.9 Å². The third kappa shape index (κ3) is 4.54. The van der Waals surface area contributed by atoms with Gasteiger partial charge >= 0.3 is 0 Å². The van der Waals surface area contributed by atoms with E-state index in [-0.39, 0.29) is 18.0 Å². The quantitative estimate of drug-likeness (QED) is 0.725. The molecule has 2 N–H and O–H groups in total. The fourth-order valence-electron chi connectivity index (χ4n) is 1.61. The fraction of sp³-hybridized carbons (Fsp3) is 0.417. The summed E-state index contributed by atoms with van der Waals surface area (Å²) in [5.74, 6) is -0.671. The van der Waals surface area contributed by atoms with Gasteiger partial charge in [0.25, 0.3) is 0 Å². The normalized spacial score (nSPS) is 11.8. The largest absolute Gasteiger partial charge is 0.369 e. The Balaban J connectivity index is 3.20. The molecular weight excluding hydrogens is 412 g/mol. The van der Waals surface area contributed by atoms with E-state index >= 15 is 0 Å². The van der Waals surface area contributed by atoms with Crippen molar-refractivity contribution in [3.63, 3.8) is 0 Å². The van der Waals surface area contributed by atoms with Gasteiger partial charge in [-0.05, 0) is 40.5 Å². The van der Waals surface area contributed by atoms with Crippen molar-refractivity contribution in [2.75, 3.05) is 13.1 Å². The second-order valence-corrected chi connectivity index (χ2v) is 7.91. The maximum Gasteiger partial charge on any atom is 0.244 e. The summed E-state index contributed by atoms with van der Waals surface area (Å²) >= 11 is 6.47. The predicted molar refractivity (Wildman–Crippen MR) is 84.7 cm³/mol. The SMILES string of the molecule is CCCCN(CC(N)=O)S(=O)(=O)c1cc(Br)ccc1Br. The molecule has 0 bridgehead atoms. The lowest BCUT2D eigenvalue weighted by Crippen LogP contribution is -2.39. The molecule has 8 heteroatoms. The summed E-state index contributed by atoms with van der Waals surface area (Å²) in [4.78, 5) is 11.2. The maximum absolute atomic E-state index is 12.6. The lowest BCUT2D eigenvalue weighted by Gasteiger charge is -2.21. The van der Waals surface area contributed by atoms with Crippen LogP contribution in [0.3, 0.4) is 0 Å². The molecule has 0 radical (unpaired) electrons. The Kier molecular flexibility index (Phi) is 6.63. The first-order valence-electron chi connectivity index (χ1n) is 6.02. The molecule has 0 saturated carbocycles. The third-order valence-corrected chi connectivity index (χ3v) is 5.94. The van der Waals surface area contributed by atoms with Gasteiger partial charge in [0.2, 0.25) is 15.9 Å². The van der Waals surface area contributed by atoms with Crippen molar-refractivity contribution in [2.45, 2.75) is 24.7 Å². The highest BCUT2D eigenvalue weighted by Gasteiger charge is 2.27. The van der Waals surface area contributed by atoms with Crippen LogP contribution in [-0.2, 0) is 14.8 Å². The molecule has 0 fully saturated rings. The minimum atomic E-state index is -3.77. The van der Waals surface area contributed by atoms with Crippen LogP contribution < -0.4 is 5.73 Å². The van der Waals surface area contributed by atoms with Crippen LogP contribution in [0, 0.1) is 0 Å². The Morgan fingerprint density at radius 2 is 2.00 bits per heavy atom. The zero-order chi connectivity index (χ0) is 15.3. The average molecular weight is 428 g/mol. The second-order valence-electron chi connectivity index (χ2n) is 4.23. The molecule has 1 rings (SSSR count). The van der Waals surface area contributed by atoms with Crippen LogP contribution in [0.1, 0.15) is 19.8 Å². The molecule has 0 saturated heterocycles. The minimum Gasteiger partial charge on any atom is -0.369 e. The van der Waals surface area contributed by atoms with Crippen molar-refractivity contribution < 1.29 is 13.2 Å². The van der Waals surface area contributed by atoms with Crippen molar-refractivity contribution in [1.82, 2.24) is 4.31 Å². The first kappa shape index (κ1) is 17.6. The smallest absolute Gasteiger partial charge is 0.244 e. The molecule has 0 unspecified atom stereocenters. The number of hydrogen-bond acceptors (Lipinski definition) is 3. The number of hydrogen-bond donors (Lipinski definition) is 1. The van der Waals surface area contributed by atoms with Crippen LogP contribution in [0.15, 0.2) is 32.0 Å². The third-order valence-electron chi connectivity index (χ3n) is 2.60. The van der Waals surface area contributed by atoms with Crippen LogP contribution in [0.4, 0.5) is 0 Å². The number of primary amides is 1. The van der Waals surface area contributed by atoms with Crippen molar-refractivity contribution in [1.29, 1.82) is 0 Å². The Labute approximate surface area is 135 Å². The summed E-state index contributed by atoms with van der Waals surface area (Å²) in [7, 11) is -3.77. The lowest BCUT2D eigenvalue weighted by atomic mass is 10.3. The Hall–Kier alpha value is -0.440. The molecule has 0 aliphatic rings. The zero-order valence-electron chi connectivity index (χ0n) is 11.0. The van der Waals surface area contributed by atoms with Crippen LogP contribution in [0.2, 0.25) is 0 Å². The van der Waals surface area contributed by atoms with E-state index in [0.29, 0.717) is 15.4 Å².